The van der Waals surface area contributed by atoms with Gasteiger partial charge >= 0.3 is 5.97 Å². The molecule has 0 unspecified atom stereocenters. The number of nitrogens with two attached hydrogens (primary N) is 1. The van der Waals surface area contributed by atoms with E-state index in [1.54, 1.807) is 19.2 Å². The summed E-state index contributed by atoms with van der Waals surface area (Å²) in [5, 5.41) is 3.27. The molecular formula is C18H14Cl3N5O3. The number of nitrogen functional groups attached to an aromatic ring is 1. The molecule has 0 aliphatic heterocycles. The molecule has 0 spiro atoms. The molecule has 0 saturated carbocycles. The van der Waals surface area contributed by atoms with Crippen molar-refractivity contribution in [2.45, 2.75) is 6.61 Å². The predicted molar refractivity (Wildman–Crippen MR) is 111 cm³/mol. The van der Waals surface area contributed by atoms with Gasteiger partial charge in [0.2, 0.25) is 11.9 Å². The van der Waals surface area contributed by atoms with Gasteiger partial charge in [0.25, 0.3) is 0 Å². The molecule has 2 aromatic carbocycles. The fourth-order valence-corrected chi connectivity index (χ4v) is 3.03. The highest BCUT2D eigenvalue weighted by molar-refractivity contribution is 6.46. The van der Waals surface area contributed by atoms with Crippen LogP contribution in [0.4, 0.5) is 17.6 Å². The van der Waals surface area contributed by atoms with Crippen LogP contribution in [-0.4, -0.2) is 28.0 Å². The van der Waals surface area contributed by atoms with E-state index in [4.69, 9.17) is 50.0 Å². The van der Waals surface area contributed by atoms with E-state index in [1.165, 1.54) is 12.1 Å². The van der Waals surface area contributed by atoms with Gasteiger partial charge in [-0.3, -0.25) is 0 Å². The highest BCUT2D eigenvalue weighted by Crippen LogP contribution is 2.32. The van der Waals surface area contributed by atoms with Crippen molar-refractivity contribution in [3.8, 4) is 5.75 Å². The summed E-state index contributed by atoms with van der Waals surface area (Å²) in [7, 11) is 1.54. The van der Waals surface area contributed by atoms with Gasteiger partial charge < -0.3 is 20.5 Å². The van der Waals surface area contributed by atoms with Crippen LogP contribution in [0.25, 0.3) is 0 Å². The number of anilines is 3. The fraction of sp³-hybridized carbons (Fsp3) is 0.111. The Bertz CT molecular complexity index is 1060. The number of benzene rings is 2. The lowest BCUT2D eigenvalue weighted by Gasteiger charge is -2.11. The first-order chi connectivity index (χ1) is 13.9. The van der Waals surface area contributed by atoms with Gasteiger partial charge in [-0.2, -0.15) is 15.0 Å². The van der Waals surface area contributed by atoms with E-state index in [0.29, 0.717) is 11.4 Å². The summed E-state index contributed by atoms with van der Waals surface area (Å²) >= 11 is 18.0. The maximum absolute atomic E-state index is 12.4. The number of ether oxygens (including phenoxy) is 2. The largest absolute Gasteiger partial charge is 0.495 e. The second-order valence-electron chi connectivity index (χ2n) is 5.55. The number of rotatable bonds is 6. The van der Waals surface area contributed by atoms with E-state index in [1.807, 2.05) is 12.1 Å². The monoisotopic (exact) mass is 453 g/mol. The molecule has 0 radical (unpaired) electrons. The SMILES string of the molecule is COc1ccccc1Nc1nc(N)nc(COC(=O)c2c(Cl)ccc(Cl)c2Cl)n1. The average Bonchev–Trinajstić information content (AvgIpc) is 2.69. The highest BCUT2D eigenvalue weighted by Gasteiger charge is 2.19. The number of carbonyl (C=O) groups excluding carboxylic acids is 1. The van der Waals surface area contributed by atoms with Crippen molar-refractivity contribution in [2.24, 2.45) is 0 Å². The standard InChI is InChI=1S/C18H14Cl3N5O3/c1-28-12-5-3-2-4-11(12)23-18-25-13(24-17(22)26-18)8-29-16(27)14-9(19)6-7-10(20)15(14)21/h2-7H,8H2,1H3,(H3,22,23,24,25,26). The predicted octanol–water partition coefficient (Wildman–Crippen LogP) is 4.52. The molecule has 0 fully saturated rings. The van der Waals surface area contributed by atoms with E-state index in [2.05, 4.69) is 20.3 Å². The second-order valence-corrected chi connectivity index (χ2v) is 6.75. The molecule has 150 valence electrons. The molecule has 0 bridgehead atoms. The van der Waals surface area contributed by atoms with Crippen molar-refractivity contribution in [3.63, 3.8) is 0 Å². The Morgan fingerprint density at radius 3 is 2.55 bits per heavy atom. The molecule has 0 saturated heterocycles. The van der Waals surface area contributed by atoms with Crippen LogP contribution in [-0.2, 0) is 11.3 Å². The zero-order valence-corrected chi connectivity index (χ0v) is 17.2. The van der Waals surface area contributed by atoms with Crippen molar-refractivity contribution in [3.05, 3.63) is 62.9 Å². The maximum Gasteiger partial charge on any atom is 0.341 e. The van der Waals surface area contributed by atoms with Crippen LogP contribution < -0.4 is 15.8 Å². The molecule has 0 aliphatic carbocycles. The lowest BCUT2D eigenvalue weighted by Crippen LogP contribution is -2.12. The Morgan fingerprint density at radius 1 is 1.07 bits per heavy atom. The Labute approximate surface area is 180 Å². The number of carbonyl (C=O) groups is 1. The van der Waals surface area contributed by atoms with E-state index in [-0.39, 0.29) is 45.0 Å². The van der Waals surface area contributed by atoms with Gasteiger partial charge in [0.15, 0.2) is 12.4 Å². The molecular weight excluding hydrogens is 441 g/mol. The number of aromatic nitrogens is 3. The maximum atomic E-state index is 12.4. The first-order valence-corrected chi connectivity index (χ1v) is 9.23. The van der Waals surface area contributed by atoms with Crippen LogP contribution >= 0.6 is 34.8 Å². The number of halogens is 3. The van der Waals surface area contributed by atoms with Gasteiger partial charge in [0.05, 0.1) is 33.4 Å². The quantitative estimate of drug-likeness (QED) is 0.413. The minimum absolute atomic E-state index is 0.00199. The third-order valence-corrected chi connectivity index (χ3v) is 4.75. The molecule has 11 heteroatoms. The van der Waals surface area contributed by atoms with Crippen LogP contribution in [0.2, 0.25) is 15.1 Å². The minimum Gasteiger partial charge on any atom is -0.495 e. The molecule has 29 heavy (non-hydrogen) atoms. The third-order valence-electron chi connectivity index (χ3n) is 3.63. The number of nitrogens with one attached hydrogen (secondary N) is 1. The van der Waals surface area contributed by atoms with Crippen LogP contribution in [0.5, 0.6) is 5.75 Å². The van der Waals surface area contributed by atoms with Gasteiger partial charge in [0, 0.05) is 0 Å². The molecule has 3 rings (SSSR count). The smallest absolute Gasteiger partial charge is 0.341 e. The summed E-state index contributed by atoms with van der Waals surface area (Å²) < 4.78 is 10.5. The summed E-state index contributed by atoms with van der Waals surface area (Å²) in [5.41, 5.74) is 6.32. The van der Waals surface area contributed by atoms with Crippen LogP contribution in [0.15, 0.2) is 36.4 Å². The molecule has 1 heterocycles. The van der Waals surface area contributed by atoms with E-state index < -0.39 is 5.97 Å². The normalized spacial score (nSPS) is 10.5. The van der Waals surface area contributed by atoms with Gasteiger partial charge in [-0.1, -0.05) is 46.9 Å². The highest BCUT2D eigenvalue weighted by atomic mass is 35.5. The molecule has 8 nitrogen and oxygen atoms in total. The molecule has 0 aliphatic rings. The van der Waals surface area contributed by atoms with Crippen LogP contribution in [0.1, 0.15) is 16.2 Å². The van der Waals surface area contributed by atoms with Crippen molar-refractivity contribution in [1.29, 1.82) is 0 Å². The topological polar surface area (TPSA) is 112 Å². The van der Waals surface area contributed by atoms with Gasteiger partial charge in [-0.25, -0.2) is 4.79 Å². The molecule has 0 atom stereocenters. The second kappa shape index (κ2) is 9.13. The number of hydrogen-bond acceptors (Lipinski definition) is 8. The molecule has 1 aromatic heterocycles. The van der Waals surface area contributed by atoms with Crippen LogP contribution in [0, 0.1) is 0 Å². The van der Waals surface area contributed by atoms with Gasteiger partial charge in [-0.05, 0) is 24.3 Å². The number of hydrogen-bond donors (Lipinski definition) is 2. The summed E-state index contributed by atoms with van der Waals surface area (Å²) in [6.45, 7) is -0.286. The summed E-state index contributed by atoms with van der Waals surface area (Å²) in [6.07, 6.45) is 0. The van der Waals surface area contributed by atoms with Crippen molar-refractivity contribution >= 4 is 58.4 Å². The molecule has 0 amide bonds. The summed E-state index contributed by atoms with van der Waals surface area (Å²) in [5.74, 6) is 0.0390. The lowest BCUT2D eigenvalue weighted by atomic mass is 10.2. The molecule has 3 aromatic rings. The average molecular weight is 455 g/mol. The van der Waals surface area contributed by atoms with Gasteiger partial charge in [0.1, 0.15) is 5.75 Å². The van der Waals surface area contributed by atoms with E-state index in [9.17, 15) is 4.79 Å². The van der Waals surface area contributed by atoms with E-state index >= 15 is 0 Å². The van der Waals surface area contributed by atoms with Crippen molar-refractivity contribution < 1.29 is 14.3 Å². The van der Waals surface area contributed by atoms with Crippen molar-refractivity contribution in [1.82, 2.24) is 15.0 Å². The number of methoxy groups -OCH3 is 1. The zero-order valence-electron chi connectivity index (χ0n) is 14.9. The number of esters is 1. The Hall–Kier alpha value is -2.81. The van der Waals surface area contributed by atoms with Crippen LogP contribution in [0.3, 0.4) is 0 Å². The number of para-hydroxylation sites is 2. The fourth-order valence-electron chi connectivity index (χ4n) is 2.34. The Morgan fingerprint density at radius 2 is 1.79 bits per heavy atom. The Kier molecular flexibility index (Phi) is 6.58. The summed E-state index contributed by atoms with van der Waals surface area (Å²) in [6, 6.07) is 10.1. The Balaban J connectivity index is 1.77. The first-order valence-electron chi connectivity index (χ1n) is 8.10. The van der Waals surface area contributed by atoms with Crippen molar-refractivity contribution in [2.75, 3.05) is 18.2 Å². The van der Waals surface area contributed by atoms with E-state index in [0.717, 1.165) is 0 Å². The summed E-state index contributed by atoms with van der Waals surface area (Å²) in [4.78, 5) is 24.5. The first kappa shape index (κ1) is 20.9. The third kappa shape index (κ3) is 4.97. The lowest BCUT2D eigenvalue weighted by molar-refractivity contribution is 0.0462. The molecule has 3 N–H and O–H groups in total. The minimum atomic E-state index is -0.777. The van der Waals surface area contributed by atoms with Gasteiger partial charge in [-0.15, -0.1) is 0 Å². The number of nitrogens with zero attached hydrogens (tertiary/aromatic N) is 3. The zero-order chi connectivity index (χ0) is 21.0.